The molecule has 1 amide bonds. The smallest absolute Gasteiger partial charge is 0.267 e. The van der Waals surface area contributed by atoms with Crippen LogP contribution in [-0.2, 0) is 17.8 Å². The van der Waals surface area contributed by atoms with Crippen molar-refractivity contribution in [3.63, 3.8) is 0 Å². The van der Waals surface area contributed by atoms with E-state index in [0.29, 0.717) is 0 Å². The zero-order valence-electron chi connectivity index (χ0n) is 16.2. The second-order valence-electron chi connectivity index (χ2n) is 6.71. The third-order valence-electron chi connectivity index (χ3n) is 4.16. The number of aromatic nitrogens is 4. The maximum atomic E-state index is 11.0. The molecule has 0 saturated heterocycles. The quantitative estimate of drug-likeness (QED) is 0.377. The van der Waals surface area contributed by atoms with E-state index in [-0.39, 0.29) is 6.04 Å². The molecule has 1 aromatic heterocycles. The summed E-state index contributed by atoms with van der Waals surface area (Å²) < 4.78 is 1.87. The topological polar surface area (TPSA) is 96.2 Å². The summed E-state index contributed by atoms with van der Waals surface area (Å²) in [6.45, 7) is 9.05. The lowest BCUT2D eigenvalue weighted by Crippen LogP contribution is -2.27. The summed E-state index contributed by atoms with van der Waals surface area (Å²) in [5, 5.41) is 20.5. The number of nitrogens with zero attached hydrogens (tertiary/aromatic N) is 5. The van der Waals surface area contributed by atoms with Gasteiger partial charge in [0.2, 0.25) is 0 Å². The summed E-state index contributed by atoms with van der Waals surface area (Å²) in [6.07, 6.45) is 4.83. The van der Waals surface area contributed by atoms with Gasteiger partial charge in [-0.2, -0.15) is 0 Å². The summed E-state index contributed by atoms with van der Waals surface area (Å²) in [5.41, 5.74) is 3.68. The minimum absolute atomic E-state index is 0.253. The minimum Gasteiger partial charge on any atom is -0.299 e. The number of carbonyl (C=O) groups is 1. The van der Waals surface area contributed by atoms with Crippen LogP contribution in [0.4, 0.5) is 0 Å². The van der Waals surface area contributed by atoms with Crippen LogP contribution in [0.3, 0.4) is 0 Å². The third-order valence-corrected chi connectivity index (χ3v) is 4.16. The molecule has 2 N–H and O–H groups in total. The Morgan fingerprint density at radius 2 is 2.04 bits per heavy atom. The molecule has 0 unspecified atom stereocenters. The van der Waals surface area contributed by atoms with Crippen LogP contribution in [0.1, 0.15) is 50.2 Å². The fraction of sp³-hybridized carbons (Fsp3) is 0.474. The van der Waals surface area contributed by atoms with Gasteiger partial charge in [0.15, 0.2) is 5.82 Å². The highest BCUT2D eigenvalue weighted by molar-refractivity contribution is 5.90. The highest BCUT2D eigenvalue weighted by Crippen LogP contribution is 2.11. The van der Waals surface area contributed by atoms with Crippen molar-refractivity contribution in [2.75, 3.05) is 13.1 Å². The van der Waals surface area contributed by atoms with Crippen LogP contribution in [-0.4, -0.2) is 49.3 Å². The van der Waals surface area contributed by atoms with Gasteiger partial charge in [-0.3, -0.25) is 14.9 Å². The van der Waals surface area contributed by atoms with E-state index in [9.17, 15) is 4.79 Å². The van der Waals surface area contributed by atoms with Gasteiger partial charge in [0.1, 0.15) is 0 Å². The lowest BCUT2D eigenvalue weighted by atomic mass is 10.1. The van der Waals surface area contributed by atoms with E-state index in [1.165, 1.54) is 11.6 Å². The number of rotatable bonds is 10. The summed E-state index contributed by atoms with van der Waals surface area (Å²) in [6, 6.07) is 8.28. The van der Waals surface area contributed by atoms with Crippen LogP contribution in [0.25, 0.3) is 6.08 Å². The molecule has 0 atom stereocenters. The van der Waals surface area contributed by atoms with E-state index in [4.69, 9.17) is 5.21 Å². The van der Waals surface area contributed by atoms with Gasteiger partial charge >= 0.3 is 0 Å². The number of amides is 1. The molecule has 27 heavy (non-hydrogen) atoms. The highest BCUT2D eigenvalue weighted by Gasteiger charge is 2.12. The zero-order chi connectivity index (χ0) is 19.6. The molecule has 0 aliphatic heterocycles. The molecule has 0 bridgehead atoms. The summed E-state index contributed by atoms with van der Waals surface area (Å²) in [7, 11) is 0. The van der Waals surface area contributed by atoms with E-state index in [1.807, 2.05) is 16.8 Å². The average Bonchev–Trinajstić information content (AvgIpc) is 3.14. The molecule has 0 fully saturated rings. The SMILES string of the molecule is CCCN(CCc1nnnn1C(C)C)Cc1ccc(/C=C/C(=O)NO)cc1. The first-order valence-electron chi connectivity index (χ1n) is 9.23. The van der Waals surface area contributed by atoms with E-state index >= 15 is 0 Å². The molecular weight excluding hydrogens is 344 g/mol. The minimum atomic E-state index is -0.545. The van der Waals surface area contributed by atoms with Crippen molar-refractivity contribution < 1.29 is 10.0 Å². The van der Waals surface area contributed by atoms with Gasteiger partial charge < -0.3 is 0 Å². The molecular formula is C19H28N6O2. The normalized spacial score (nSPS) is 11.6. The zero-order valence-corrected chi connectivity index (χ0v) is 16.2. The number of nitrogens with one attached hydrogen (secondary N) is 1. The Hall–Kier alpha value is -2.58. The first kappa shape index (κ1) is 20.7. The predicted octanol–water partition coefficient (Wildman–Crippen LogP) is 2.23. The molecule has 8 nitrogen and oxygen atoms in total. The number of tetrazole rings is 1. The summed E-state index contributed by atoms with van der Waals surface area (Å²) in [5.74, 6) is 0.366. The lowest BCUT2D eigenvalue weighted by molar-refractivity contribution is -0.124. The molecule has 2 rings (SSSR count). The average molecular weight is 372 g/mol. The Bertz CT molecular complexity index is 739. The van der Waals surface area contributed by atoms with Gasteiger partial charge in [-0.25, -0.2) is 10.2 Å². The monoisotopic (exact) mass is 372 g/mol. The van der Waals surface area contributed by atoms with Crippen molar-refractivity contribution in [3.05, 3.63) is 47.3 Å². The van der Waals surface area contributed by atoms with E-state index in [0.717, 1.165) is 43.9 Å². The van der Waals surface area contributed by atoms with Crippen molar-refractivity contribution in [2.24, 2.45) is 0 Å². The van der Waals surface area contributed by atoms with Crippen LogP contribution in [0.2, 0.25) is 0 Å². The van der Waals surface area contributed by atoms with Gasteiger partial charge in [0.25, 0.3) is 5.91 Å². The number of carbonyl (C=O) groups excluding carboxylic acids is 1. The molecule has 0 saturated carbocycles. The van der Waals surface area contributed by atoms with Crippen LogP contribution >= 0.6 is 0 Å². The fourth-order valence-corrected chi connectivity index (χ4v) is 2.82. The standard InChI is InChI=1S/C19H28N6O2/c1-4-12-24(13-11-18-20-22-23-25(18)15(2)3)14-17-7-5-16(6-8-17)9-10-19(26)21-27/h5-10,15,27H,4,11-14H2,1-3H3,(H,21,26)/b10-9+. The molecule has 8 heteroatoms. The Morgan fingerprint density at radius 3 is 2.67 bits per heavy atom. The predicted molar refractivity (Wildman–Crippen MR) is 103 cm³/mol. The fourth-order valence-electron chi connectivity index (χ4n) is 2.82. The summed E-state index contributed by atoms with van der Waals surface area (Å²) >= 11 is 0. The highest BCUT2D eigenvalue weighted by atomic mass is 16.5. The van der Waals surface area contributed by atoms with Crippen LogP contribution < -0.4 is 5.48 Å². The molecule has 1 aromatic carbocycles. The molecule has 0 radical (unpaired) electrons. The van der Waals surface area contributed by atoms with Crippen molar-refractivity contribution in [3.8, 4) is 0 Å². The number of hydrogen-bond acceptors (Lipinski definition) is 6. The molecule has 0 aliphatic rings. The maximum absolute atomic E-state index is 11.0. The van der Waals surface area contributed by atoms with Gasteiger partial charge in [-0.15, -0.1) is 5.10 Å². The number of benzene rings is 1. The Balaban J connectivity index is 1.95. The van der Waals surface area contributed by atoms with E-state index in [1.54, 1.807) is 11.6 Å². The second-order valence-corrected chi connectivity index (χ2v) is 6.71. The van der Waals surface area contributed by atoms with Gasteiger partial charge in [0, 0.05) is 25.6 Å². The molecule has 2 aromatic rings. The van der Waals surface area contributed by atoms with Crippen LogP contribution in [0, 0.1) is 0 Å². The largest absolute Gasteiger partial charge is 0.299 e. The lowest BCUT2D eigenvalue weighted by Gasteiger charge is -2.22. The van der Waals surface area contributed by atoms with E-state index < -0.39 is 5.91 Å². The number of hydroxylamine groups is 1. The second kappa shape index (κ2) is 10.5. The van der Waals surface area contributed by atoms with Crippen LogP contribution in [0.5, 0.6) is 0 Å². The Kier molecular flexibility index (Phi) is 8.09. The van der Waals surface area contributed by atoms with Crippen molar-refractivity contribution in [2.45, 2.75) is 46.2 Å². The van der Waals surface area contributed by atoms with Crippen molar-refractivity contribution >= 4 is 12.0 Å². The van der Waals surface area contributed by atoms with Crippen molar-refractivity contribution in [1.29, 1.82) is 0 Å². The number of hydrogen-bond donors (Lipinski definition) is 2. The summed E-state index contributed by atoms with van der Waals surface area (Å²) in [4.78, 5) is 13.4. The Labute approximate surface area is 159 Å². The van der Waals surface area contributed by atoms with Crippen molar-refractivity contribution in [1.82, 2.24) is 30.6 Å². The van der Waals surface area contributed by atoms with Gasteiger partial charge in [0.05, 0.1) is 6.04 Å². The Morgan fingerprint density at radius 1 is 1.30 bits per heavy atom. The van der Waals surface area contributed by atoms with Gasteiger partial charge in [-0.05, 0) is 54.4 Å². The van der Waals surface area contributed by atoms with Crippen LogP contribution in [0.15, 0.2) is 30.3 Å². The third kappa shape index (κ3) is 6.58. The molecule has 1 heterocycles. The first-order valence-corrected chi connectivity index (χ1v) is 9.23. The maximum Gasteiger partial charge on any atom is 0.267 e. The van der Waals surface area contributed by atoms with E-state index in [2.05, 4.69) is 53.3 Å². The molecule has 0 spiro atoms. The molecule has 146 valence electrons. The first-order chi connectivity index (χ1) is 13.0. The van der Waals surface area contributed by atoms with Gasteiger partial charge in [-0.1, -0.05) is 31.2 Å². The molecule has 0 aliphatic carbocycles.